The Morgan fingerprint density at radius 3 is 2.29 bits per heavy atom. The van der Waals surface area contributed by atoms with E-state index < -0.39 is 0 Å². The molecule has 0 heterocycles. The van der Waals surface area contributed by atoms with E-state index in [1.54, 1.807) is 0 Å². The van der Waals surface area contributed by atoms with Crippen LogP contribution in [-0.2, 0) is 0 Å². The molecule has 0 spiro atoms. The van der Waals surface area contributed by atoms with Crippen LogP contribution in [0.1, 0.15) is 46.5 Å². The normalized spacial score (nSPS) is 38.6. The van der Waals surface area contributed by atoms with Crippen LogP contribution >= 0.6 is 0 Å². The van der Waals surface area contributed by atoms with Crippen molar-refractivity contribution >= 4 is 0 Å². The highest BCUT2D eigenvalue weighted by molar-refractivity contribution is 4.94. The fourth-order valence-corrected chi connectivity index (χ4v) is 3.30. The van der Waals surface area contributed by atoms with Gasteiger partial charge in [0.1, 0.15) is 0 Å². The van der Waals surface area contributed by atoms with Crippen LogP contribution in [0.3, 0.4) is 0 Å². The Kier molecular flexibility index (Phi) is 4.39. The van der Waals surface area contributed by atoms with Gasteiger partial charge in [0.05, 0.1) is 0 Å². The van der Waals surface area contributed by atoms with Gasteiger partial charge in [0.25, 0.3) is 0 Å². The Morgan fingerprint density at radius 1 is 1.29 bits per heavy atom. The number of hydrogen-bond acceptors (Lipinski definition) is 2. The Bertz CT molecular complexity index is 152. The molecule has 84 valence electrons. The highest BCUT2D eigenvalue weighted by Crippen LogP contribution is 2.37. The number of rotatable bonds is 4. The number of nitrogens with one attached hydrogen (secondary N) is 1. The van der Waals surface area contributed by atoms with Crippen LogP contribution in [0.5, 0.6) is 0 Å². The monoisotopic (exact) mass is 199 g/mol. The molecule has 0 aromatic carbocycles. The van der Waals surface area contributed by atoms with Crippen LogP contribution in [0.4, 0.5) is 0 Å². The minimum absolute atomic E-state index is 0.223. The lowest BCUT2D eigenvalue weighted by Gasteiger charge is -2.43. The molecule has 1 rings (SSSR count). The van der Waals surface area contributed by atoms with Crippen LogP contribution in [-0.4, -0.2) is 23.8 Å². The van der Waals surface area contributed by atoms with E-state index in [1.165, 1.54) is 19.3 Å². The zero-order valence-electron chi connectivity index (χ0n) is 9.84. The van der Waals surface area contributed by atoms with E-state index >= 15 is 0 Å². The Labute approximate surface area is 88.1 Å². The van der Waals surface area contributed by atoms with Crippen molar-refractivity contribution in [2.75, 3.05) is 13.2 Å². The molecule has 0 aliphatic heterocycles. The molecule has 1 aliphatic rings. The second-order valence-electron chi connectivity index (χ2n) is 5.14. The smallest absolute Gasteiger partial charge is 0.0448 e. The first kappa shape index (κ1) is 12.0. The van der Waals surface area contributed by atoms with Crippen LogP contribution in [0.2, 0.25) is 0 Å². The molecule has 2 N–H and O–H groups in total. The quantitative estimate of drug-likeness (QED) is 0.727. The van der Waals surface area contributed by atoms with E-state index in [4.69, 9.17) is 5.11 Å². The molecule has 1 aliphatic carbocycles. The summed E-state index contributed by atoms with van der Waals surface area (Å²) in [5, 5.41) is 12.7. The van der Waals surface area contributed by atoms with Crippen molar-refractivity contribution in [1.29, 1.82) is 0 Å². The number of aliphatic hydroxyl groups is 1. The predicted molar refractivity (Wildman–Crippen MR) is 60.3 cm³/mol. The zero-order chi connectivity index (χ0) is 10.6. The van der Waals surface area contributed by atoms with E-state index in [-0.39, 0.29) is 5.54 Å². The van der Waals surface area contributed by atoms with Crippen molar-refractivity contribution in [3.63, 3.8) is 0 Å². The average molecular weight is 199 g/mol. The Morgan fingerprint density at radius 2 is 1.86 bits per heavy atom. The summed E-state index contributed by atoms with van der Waals surface area (Å²) in [4.78, 5) is 0. The van der Waals surface area contributed by atoms with Crippen LogP contribution in [0.15, 0.2) is 0 Å². The Balaban J connectivity index is 2.63. The van der Waals surface area contributed by atoms with E-state index in [0.717, 1.165) is 24.8 Å². The Hall–Kier alpha value is -0.0800. The van der Waals surface area contributed by atoms with Crippen molar-refractivity contribution in [3.05, 3.63) is 0 Å². The molecule has 2 heteroatoms. The minimum Gasteiger partial charge on any atom is -0.396 e. The third kappa shape index (κ3) is 2.96. The third-order valence-electron chi connectivity index (χ3n) is 3.43. The van der Waals surface area contributed by atoms with Gasteiger partial charge in [0.15, 0.2) is 0 Å². The molecular weight excluding hydrogens is 174 g/mol. The molecule has 2 nitrogen and oxygen atoms in total. The lowest BCUT2D eigenvalue weighted by Crippen LogP contribution is -2.50. The minimum atomic E-state index is 0.223. The van der Waals surface area contributed by atoms with E-state index in [9.17, 15) is 0 Å². The van der Waals surface area contributed by atoms with Gasteiger partial charge in [-0.1, -0.05) is 20.8 Å². The van der Waals surface area contributed by atoms with Crippen LogP contribution in [0, 0.1) is 11.8 Å². The standard InChI is InChI=1S/C12H25NO/c1-4-13-12(5-6-14)8-10(2)7-11(3)9-12/h10-11,13-14H,4-9H2,1-3H3. The summed E-state index contributed by atoms with van der Waals surface area (Å²) in [5.74, 6) is 1.59. The summed E-state index contributed by atoms with van der Waals surface area (Å²) < 4.78 is 0. The number of hydrogen-bond donors (Lipinski definition) is 2. The molecule has 0 aromatic rings. The fourth-order valence-electron chi connectivity index (χ4n) is 3.30. The summed E-state index contributed by atoms with van der Waals surface area (Å²) in [5.41, 5.74) is 0.223. The van der Waals surface area contributed by atoms with E-state index in [2.05, 4.69) is 26.1 Å². The molecule has 0 saturated heterocycles. The first-order valence-electron chi connectivity index (χ1n) is 5.98. The van der Waals surface area contributed by atoms with Crippen LogP contribution < -0.4 is 5.32 Å². The van der Waals surface area contributed by atoms with Gasteiger partial charge in [0, 0.05) is 12.1 Å². The first-order valence-corrected chi connectivity index (χ1v) is 5.98. The zero-order valence-corrected chi connectivity index (χ0v) is 9.84. The molecule has 14 heavy (non-hydrogen) atoms. The maximum atomic E-state index is 9.14. The summed E-state index contributed by atoms with van der Waals surface area (Å²) in [6.45, 7) is 8.15. The lowest BCUT2D eigenvalue weighted by atomic mass is 9.70. The summed E-state index contributed by atoms with van der Waals surface area (Å²) in [7, 11) is 0. The van der Waals surface area contributed by atoms with E-state index in [0.29, 0.717) is 6.61 Å². The van der Waals surface area contributed by atoms with Gasteiger partial charge in [-0.25, -0.2) is 0 Å². The van der Waals surface area contributed by atoms with Crippen molar-refractivity contribution in [3.8, 4) is 0 Å². The maximum absolute atomic E-state index is 9.14. The van der Waals surface area contributed by atoms with Gasteiger partial charge in [0.2, 0.25) is 0 Å². The molecular formula is C12H25NO. The van der Waals surface area contributed by atoms with Crippen molar-refractivity contribution < 1.29 is 5.11 Å². The van der Waals surface area contributed by atoms with Gasteiger partial charge in [-0.2, -0.15) is 0 Å². The summed E-state index contributed by atoms with van der Waals surface area (Å²) in [6, 6.07) is 0. The van der Waals surface area contributed by atoms with Gasteiger partial charge in [-0.3, -0.25) is 0 Å². The second-order valence-corrected chi connectivity index (χ2v) is 5.14. The largest absolute Gasteiger partial charge is 0.396 e. The van der Waals surface area contributed by atoms with Gasteiger partial charge in [-0.15, -0.1) is 0 Å². The predicted octanol–water partition coefficient (Wildman–Crippen LogP) is 2.17. The maximum Gasteiger partial charge on any atom is 0.0448 e. The van der Waals surface area contributed by atoms with Gasteiger partial charge in [-0.05, 0) is 44.1 Å². The third-order valence-corrected chi connectivity index (χ3v) is 3.43. The molecule has 2 unspecified atom stereocenters. The van der Waals surface area contributed by atoms with Gasteiger partial charge >= 0.3 is 0 Å². The van der Waals surface area contributed by atoms with Crippen molar-refractivity contribution in [2.24, 2.45) is 11.8 Å². The van der Waals surface area contributed by atoms with Crippen molar-refractivity contribution in [2.45, 2.75) is 52.0 Å². The summed E-state index contributed by atoms with van der Waals surface area (Å²) in [6.07, 6.45) is 4.71. The van der Waals surface area contributed by atoms with Crippen LogP contribution in [0.25, 0.3) is 0 Å². The average Bonchev–Trinajstić information content (AvgIpc) is 2.02. The summed E-state index contributed by atoms with van der Waals surface area (Å²) >= 11 is 0. The topological polar surface area (TPSA) is 32.3 Å². The second kappa shape index (κ2) is 5.13. The fraction of sp³-hybridized carbons (Fsp3) is 1.00. The lowest BCUT2D eigenvalue weighted by molar-refractivity contribution is 0.112. The SMILES string of the molecule is CCNC1(CCO)CC(C)CC(C)C1. The number of aliphatic hydroxyl groups excluding tert-OH is 1. The molecule has 1 fully saturated rings. The molecule has 0 bridgehead atoms. The molecule has 0 radical (unpaired) electrons. The first-order chi connectivity index (χ1) is 6.62. The molecule has 0 aromatic heterocycles. The molecule has 2 atom stereocenters. The van der Waals surface area contributed by atoms with E-state index in [1.807, 2.05) is 0 Å². The highest BCUT2D eigenvalue weighted by Gasteiger charge is 2.36. The molecule has 1 saturated carbocycles. The van der Waals surface area contributed by atoms with Gasteiger partial charge < -0.3 is 10.4 Å². The van der Waals surface area contributed by atoms with Crippen molar-refractivity contribution in [1.82, 2.24) is 5.32 Å². The molecule has 0 amide bonds. The highest BCUT2D eigenvalue weighted by atomic mass is 16.3.